The maximum Gasteiger partial charge on any atom is 0.307 e. The lowest BCUT2D eigenvalue weighted by molar-refractivity contribution is -0.142. The first kappa shape index (κ1) is 17.2. The molecule has 0 aliphatic rings. The van der Waals surface area contributed by atoms with E-state index in [-0.39, 0.29) is 42.2 Å². The number of hydrogen-bond donors (Lipinski definition) is 0. The van der Waals surface area contributed by atoms with E-state index >= 15 is 0 Å². The van der Waals surface area contributed by atoms with Crippen molar-refractivity contribution >= 4 is 23.5 Å². The number of halogens is 2. The Morgan fingerprint density at radius 2 is 2.10 bits per heavy atom. The van der Waals surface area contributed by atoms with E-state index in [1.807, 2.05) is 0 Å². The smallest absolute Gasteiger partial charge is 0.307 e. The quantitative estimate of drug-likeness (QED) is 0.724. The molecule has 0 saturated heterocycles. The average Bonchev–Trinajstić information content (AvgIpc) is 2.46. The number of ether oxygens (including phenoxy) is 2. The van der Waals surface area contributed by atoms with Crippen LogP contribution in [0.4, 0.5) is 4.39 Å². The summed E-state index contributed by atoms with van der Waals surface area (Å²) >= 11 is 5.80. The van der Waals surface area contributed by atoms with E-state index in [2.05, 4.69) is 4.74 Å². The molecule has 0 spiro atoms. The maximum atomic E-state index is 12.9. The lowest BCUT2D eigenvalue weighted by Gasteiger charge is -2.20. The number of carbonyl (C=O) groups excluding carboxylic acids is 2. The molecule has 21 heavy (non-hydrogen) atoms. The monoisotopic (exact) mass is 317 g/mol. The number of esters is 1. The first-order chi connectivity index (χ1) is 9.97. The van der Waals surface area contributed by atoms with E-state index in [1.54, 1.807) is 6.92 Å². The molecule has 1 aromatic carbocycles. The predicted molar refractivity (Wildman–Crippen MR) is 75.8 cm³/mol. The molecule has 0 saturated carbocycles. The highest BCUT2D eigenvalue weighted by atomic mass is 35.5. The van der Waals surface area contributed by atoms with Crippen LogP contribution in [0.1, 0.15) is 13.3 Å². The molecule has 0 aliphatic heterocycles. The summed E-state index contributed by atoms with van der Waals surface area (Å²) in [7, 11) is 1.29. The van der Waals surface area contributed by atoms with Crippen molar-refractivity contribution in [3.63, 3.8) is 0 Å². The van der Waals surface area contributed by atoms with Crippen LogP contribution in [0.5, 0.6) is 5.75 Å². The Hall–Kier alpha value is -1.82. The van der Waals surface area contributed by atoms with Crippen molar-refractivity contribution in [1.82, 2.24) is 4.90 Å². The van der Waals surface area contributed by atoms with Gasteiger partial charge < -0.3 is 14.4 Å². The summed E-state index contributed by atoms with van der Waals surface area (Å²) in [6.45, 7) is 2.25. The lowest BCUT2D eigenvalue weighted by Crippen LogP contribution is -2.36. The van der Waals surface area contributed by atoms with Gasteiger partial charge >= 0.3 is 5.97 Å². The standard InChI is InChI=1S/C14H17ClFNO4/c1-3-17(7-6-14(19)20-2)13(18)9-21-12-5-4-10(16)8-11(12)15/h4-5,8H,3,6-7,9H2,1-2H3. The molecule has 0 aromatic heterocycles. The second-order valence-corrected chi connectivity index (χ2v) is 4.57. The Labute approximate surface area is 127 Å². The number of nitrogens with zero attached hydrogens (tertiary/aromatic N) is 1. The third kappa shape index (κ3) is 5.59. The second-order valence-electron chi connectivity index (χ2n) is 4.16. The predicted octanol–water partition coefficient (Wildman–Crippen LogP) is 2.27. The fraction of sp³-hybridized carbons (Fsp3) is 0.429. The van der Waals surface area contributed by atoms with Crippen molar-refractivity contribution in [2.45, 2.75) is 13.3 Å². The minimum atomic E-state index is -0.480. The molecular formula is C14H17ClFNO4. The average molecular weight is 318 g/mol. The molecule has 0 fully saturated rings. The Kier molecular flexibility index (Phi) is 6.94. The first-order valence-electron chi connectivity index (χ1n) is 6.40. The fourth-order valence-corrected chi connectivity index (χ4v) is 1.83. The van der Waals surface area contributed by atoms with Gasteiger partial charge in [-0.2, -0.15) is 0 Å². The highest BCUT2D eigenvalue weighted by Gasteiger charge is 2.15. The largest absolute Gasteiger partial charge is 0.482 e. The van der Waals surface area contributed by atoms with Gasteiger partial charge in [-0.1, -0.05) is 11.6 Å². The maximum absolute atomic E-state index is 12.9. The molecule has 5 nitrogen and oxygen atoms in total. The summed E-state index contributed by atoms with van der Waals surface area (Å²) < 4.78 is 22.7. The van der Waals surface area contributed by atoms with Crippen LogP contribution < -0.4 is 4.74 Å². The van der Waals surface area contributed by atoms with E-state index in [0.717, 1.165) is 6.07 Å². The highest BCUT2D eigenvalue weighted by Crippen LogP contribution is 2.24. The number of hydrogen-bond acceptors (Lipinski definition) is 4. The van der Waals surface area contributed by atoms with Gasteiger partial charge in [0.25, 0.3) is 5.91 Å². The van der Waals surface area contributed by atoms with Crippen LogP contribution in [0.2, 0.25) is 5.02 Å². The zero-order chi connectivity index (χ0) is 15.8. The molecule has 0 unspecified atom stereocenters. The number of amides is 1. The fourth-order valence-electron chi connectivity index (χ4n) is 1.61. The van der Waals surface area contributed by atoms with Crippen molar-refractivity contribution in [2.75, 3.05) is 26.8 Å². The first-order valence-corrected chi connectivity index (χ1v) is 6.78. The van der Waals surface area contributed by atoms with Gasteiger partial charge in [0, 0.05) is 13.1 Å². The zero-order valence-corrected chi connectivity index (χ0v) is 12.7. The molecule has 1 rings (SSSR count). The van der Waals surface area contributed by atoms with Gasteiger partial charge in [0.05, 0.1) is 18.6 Å². The summed E-state index contributed by atoms with van der Waals surface area (Å²) in [4.78, 5) is 24.5. The van der Waals surface area contributed by atoms with E-state index in [1.165, 1.54) is 24.1 Å². The summed E-state index contributed by atoms with van der Waals surface area (Å²) in [5.41, 5.74) is 0. The summed E-state index contributed by atoms with van der Waals surface area (Å²) in [6, 6.07) is 3.66. The van der Waals surface area contributed by atoms with Crippen LogP contribution in [-0.4, -0.2) is 43.6 Å². The molecule has 0 atom stereocenters. The molecule has 1 aromatic rings. The van der Waals surface area contributed by atoms with Crippen LogP contribution >= 0.6 is 11.6 Å². The van der Waals surface area contributed by atoms with Crippen molar-refractivity contribution in [2.24, 2.45) is 0 Å². The van der Waals surface area contributed by atoms with E-state index in [9.17, 15) is 14.0 Å². The van der Waals surface area contributed by atoms with E-state index in [0.29, 0.717) is 6.54 Å². The van der Waals surface area contributed by atoms with Gasteiger partial charge in [-0.05, 0) is 25.1 Å². The lowest BCUT2D eigenvalue weighted by atomic mass is 10.3. The number of rotatable bonds is 7. The summed E-state index contributed by atoms with van der Waals surface area (Å²) in [5, 5.41) is 0.0976. The van der Waals surface area contributed by atoms with Crippen LogP contribution in [-0.2, 0) is 14.3 Å². The van der Waals surface area contributed by atoms with Crippen molar-refractivity contribution in [3.8, 4) is 5.75 Å². The van der Waals surface area contributed by atoms with E-state index < -0.39 is 5.82 Å². The van der Waals surface area contributed by atoms with Crippen molar-refractivity contribution in [1.29, 1.82) is 0 Å². The second kappa shape index (κ2) is 8.46. The number of carbonyl (C=O) groups is 2. The van der Waals surface area contributed by atoms with Gasteiger partial charge in [0.15, 0.2) is 6.61 Å². The number of benzene rings is 1. The minimum Gasteiger partial charge on any atom is -0.482 e. The Balaban J connectivity index is 2.52. The SMILES string of the molecule is CCN(CCC(=O)OC)C(=O)COc1ccc(F)cc1Cl. The molecule has 7 heteroatoms. The number of methoxy groups -OCH3 is 1. The highest BCUT2D eigenvalue weighted by molar-refractivity contribution is 6.32. The normalized spacial score (nSPS) is 10.1. The van der Waals surface area contributed by atoms with Crippen LogP contribution in [0.25, 0.3) is 0 Å². The third-order valence-electron chi connectivity index (χ3n) is 2.79. The molecule has 0 radical (unpaired) electrons. The summed E-state index contributed by atoms with van der Waals surface area (Å²) in [6.07, 6.45) is 0.118. The Morgan fingerprint density at radius 1 is 1.38 bits per heavy atom. The third-order valence-corrected chi connectivity index (χ3v) is 3.09. The van der Waals surface area contributed by atoms with Crippen LogP contribution in [0, 0.1) is 5.82 Å². The molecular weight excluding hydrogens is 301 g/mol. The van der Waals surface area contributed by atoms with Gasteiger partial charge in [-0.25, -0.2) is 4.39 Å². The topological polar surface area (TPSA) is 55.8 Å². The zero-order valence-electron chi connectivity index (χ0n) is 11.9. The molecule has 0 heterocycles. The molecule has 0 aliphatic carbocycles. The molecule has 1 amide bonds. The van der Waals surface area contributed by atoms with Crippen LogP contribution in [0.3, 0.4) is 0 Å². The molecule has 0 bridgehead atoms. The van der Waals surface area contributed by atoms with Crippen molar-refractivity contribution < 1.29 is 23.5 Å². The van der Waals surface area contributed by atoms with Gasteiger partial charge in [0.1, 0.15) is 11.6 Å². The van der Waals surface area contributed by atoms with Gasteiger partial charge in [-0.15, -0.1) is 0 Å². The molecule has 116 valence electrons. The summed E-state index contributed by atoms with van der Waals surface area (Å²) in [5.74, 6) is -0.923. The molecule has 0 N–H and O–H groups in total. The van der Waals surface area contributed by atoms with Crippen LogP contribution in [0.15, 0.2) is 18.2 Å². The van der Waals surface area contributed by atoms with Gasteiger partial charge in [0.2, 0.25) is 0 Å². The minimum absolute atomic E-state index is 0.0976. The van der Waals surface area contributed by atoms with E-state index in [4.69, 9.17) is 16.3 Å². The van der Waals surface area contributed by atoms with Crippen molar-refractivity contribution in [3.05, 3.63) is 29.0 Å². The number of likely N-dealkylation sites (N-methyl/N-ethyl adjacent to an activating group) is 1. The Bertz CT molecular complexity index is 510. The Morgan fingerprint density at radius 3 is 2.67 bits per heavy atom. The van der Waals surface area contributed by atoms with Gasteiger partial charge in [-0.3, -0.25) is 9.59 Å².